The van der Waals surface area contributed by atoms with E-state index in [1.165, 1.54) is 12.1 Å². The first-order valence-corrected chi connectivity index (χ1v) is 6.63. The minimum absolute atomic E-state index is 0.256. The van der Waals surface area contributed by atoms with E-state index in [1.54, 1.807) is 6.07 Å². The smallest absolute Gasteiger partial charge is 0.124 e. The number of halogens is 2. The molecule has 1 N–H and O–H groups in total. The molecule has 0 aliphatic carbocycles. The van der Waals surface area contributed by atoms with Gasteiger partial charge in [0.1, 0.15) is 5.82 Å². The van der Waals surface area contributed by atoms with Gasteiger partial charge in [-0.1, -0.05) is 22.0 Å². The Hall–Kier alpha value is -0.450. The van der Waals surface area contributed by atoms with Crippen molar-refractivity contribution in [2.45, 2.75) is 24.9 Å². The molecule has 4 heteroatoms. The second kappa shape index (κ2) is 5.04. The molecular formula is C13H17BrFNO. The van der Waals surface area contributed by atoms with E-state index < -0.39 is 5.60 Å². The molecule has 2 rings (SSSR count). The van der Waals surface area contributed by atoms with Crippen LogP contribution in [0.4, 0.5) is 4.39 Å². The van der Waals surface area contributed by atoms with Gasteiger partial charge in [-0.15, -0.1) is 0 Å². The number of likely N-dealkylation sites (tertiary alicyclic amines) is 1. The van der Waals surface area contributed by atoms with Crippen LogP contribution in [0.2, 0.25) is 0 Å². The Morgan fingerprint density at radius 3 is 2.94 bits per heavy atom. The highest BCUT2D eigenvalue weighted by atomic mass is 79.9. The molecule has 1 heterocycles. The number of aliphatic hydroxyl groups is 1. The van der Waals surface area contributed by atoms with Crippen molar-refractivity contribution in [3.63, 3.8) is 0 Å². The molecule has 0 radical (unpaired) electrons. The Labute approximate surface area is 110 Å². The van der Waals surface area contributed by atoms with Crippen LogP contribution >= 0.6 is 15.9 Å². The minimum atomic E-state index is -0.687. The lowest BCUT2D eigenvalue weighted by Crippen LogP contribution is -2.47. The van der Waals surface area contributed by atoms with Gasteiger partial charge >= 0.3 is 0 Å². The maximum absolute atomic E-state index is 13.0. The van der Waals surface area contributed by atoms with Gasteiger partial charge in [0.15, 0.2) is 0 Å². The largest absolute Gasteiger partial charge is 0.388 e. The second-order valence-corrected chi connectivity index (χ2v) is 5.83. The van der Waals surface area contributed by atoms with Gasteiger partial charge in [-0.05, 0) is 44.1 Å². The van der Waals surface area contributed by atoms with Crippen molar-refractivity contribution in [2.24, 2.45) is 0 Å². The van der Waals surface area contributed by atoms with Gasteiger partial charge < -0.3 is 10.0 Å². The molecule has 1 aromatic rings. The predicted octanol–water partition coefficient (Wildman–Crippen LogP) is 2.59. The maximum Gasteiger partial charge on any atom is 0.124 e. The fourth-order valence-corrected chi connectivity index (χ4v) is 2.99. The monoisotopic (exact) mass is 301 g/mol. The summed E-state index contributed by atoms with van der Waals surface area (Å²) in [4.78, 5) is 2.14. The van der Waals surface area contributed by atoms with Gasteiger partial charge in [0.05, 0.1) is 5.60 Å². The van der Waals surface area contributed by atoms with E-state index in [2.05, 4.69) is 20.8 Å². The van der Waals surface area contributed by atoms with Gasteiger partial charge in [-0.2, -0.15) is 0 Å². The Morgan fingerprint density at radius 2 is 2.29 bits per heavy atom. The quantitative estimate of drug-likeness (QED) is 0.908. The maximum atomic E-state index is 13.0. The Kier molecular flexibility index (Phi) is 3.85. The van der Waals surface area contributed by atoms with Crippen molar-refractivity contribution < 1.29 is 9.50 Å². The van der Waals surface area contributed by atoms with Crippen LogP contribution < -0.4 is 0 Å². The Balaban J connectivity index is 2.14. The van der Waals surface area contributed by atoms with Gasteiger partial charge in [-0.25, -0.2) is 4.39 Å². The van der Waals surface area contributed by atoms with Gasteiger partial charge in [0.2, 0.25) is 0 Å². The fraction of sp³-hybridized carbons (Fsp3) is 0.538. The van der Waals surface area contributed by atoms with Crippen LogP contribution in [-0.2, 0) is 6.42 Å². The van der Waals surface area contributed by atoms with Crippen LogP contribution in [0.5, 0.6) is 0 Å². The fourth-order valence-electron chi connectivity index (χ4n) is 2.50. The first-order valence-electron chi connectivity index (χ1n) is 5.83. The molecule has 0 amide bonds. The zero-order valence-corrected chi connectivity index (χ0v) is 11.5. The summed E-state index contributed by atoms with van der Waals surface area (Å²) in [5.41, 5.74) is 0.275. The Bertz CT molecular complexity index is 412. The van der Waals surface area contributed by atoms with E-state index in [1.807, 2.05) is 7.05 Å². The number of benzene rings is 1. The molecule has 17 heavy (non-hydrogen) atoms. The molecule has 1 aliphatic rings. The highest BCUT2D eigenvalue weighted by molar-refractivity contribution is 9.10. The van der Waals surface area contributed by atoms with Crippen molar-refractivity contribution in [3.8, 4) is 0 Å². The molecule has 1 fully saturated rings. The summed E-state index contributed by atoms with van der Waals surface area (Å²) in [7, 11) is 2.02. The predicted molar refractivity (Wildman–Crippen MR) is 69.5 cm³/mol. The van der Waals surface area contributed by atoms with Gasteiger partial charge in [0.25, 0.3) is 0 Å². The molecule has 1 unspecified atom stereocenters. The minimum Gasteiger partial charge on any atom is -0.388 e. The van der Waals surface area contributed by atoms with E-state index in [4.69, 9.17) is 0 Å². The molecule has 1 atom stereocenters. The van der Waals surface area contributed by atoms with Crippen molar-refractivity contribution >= 4 is 15.9 Å². The average molecular weight is 302 g/mol. The molecule has 0 bridgehead atoms. The summed E-state index contributed by atoms with van der Waals surface area (Å²) in [5.74, 6) is -0.256. The summed E-state index contributed by atoms with van der Waals surface area (Å²) in [6.45, 7) is 1.71. The van der Waals surface area contributed by atoms with Crippen LogP contribution in [0.1, 0.15) is 18.4 Å². The molecule has 1 saturated heterocycles. The van der Waals surface area contributed by atoms with Crippen LogP contribution in [0.25, 0.3) is 0 Å². The molecule has 94 valence electrons. The van der Waals surface area contributed by atoms with Crippen LogP contribution in [-0.4, -0.2) is 35.7 Å². The zero-order chi connectivity index (χ0) is 12.5. The van der Waals surface area contributed by atoms with Crippen LogP contribution in [0.3, 0.4) is 0 Å². The number of hydrogen-bond donors (Lipinski definition) is 1. The third kappa shape index (κ3) is 3.27. The third-order valence-corrected chi connectivity index (χ3v) is 4.02. The molecule has 1 aliphatic heterocycles. The van der Waals surface area contributed by atoms with Crippen molar-refractivity contribution in [2.75, 3.05) is 20.1 Å². The molecule has 0 spiro atoms. The first kappa shape index (κ1) is 13.0. The molecule has 0 aromatic heterocycles. The second-order valence-electron chi connectivity index (χ2n) is 4.98. The van der Waals surface area contributed by atoms with Crippen LogP contribution in [0, 0.1) is 5.82 Å². The first-order chi connectivity index (χ1) is 7.98. The molecule has 0 saturated carbocycles. The Morgan fingerprint density at radius 1 is 1.53 bits per heavy atom. The van der Waals surface area contributed by atoms with Crippen LogP contribution in [0.15, 0.2) is 22.7 Å². The van der Waals surface area contributed by atoms with Crippen molar-refractivity contribution in [1.82, 2.24) is 4.90 Å². The van der Waals surface area contributed by atoms with Gasteiger partial charge in [0, 0.05) is 17.4 Å². The van der Waals surface area contributed by atoms with E-state index >= 15 is 0 Å². The number of rotatable bonds is 2. The molecule has 2 nitrogen and oxygen atoms in total. The standard InChI is InChI=1S/C13H17BrFNO/c1-16-6-2-5-13(17,9-16)8-10-3-4-11(15)7-12(10)14/h3-4,7,17H,2,5-6,8-9H2,1H3. The lowest BCUT2D eigenvalue weighted by atomic mass is 9.87. The summed E-state index contributed by atoms with van der Waals surface area (Å²) in [5, 5.41) is 10.5. The third-order valence-electron chi connectivity index (χ3n) is 3.28. The lowest BCUT2D eigenvalue weighted by Gasteiger charge is -2.37. The topological polar surface area (TPSA) is 23.5 Å². The summed E-state index contributed by atoms with van der Waals surface area (Å²) < 4.78 is 13.7. The number of likely N-dealkylation sites (N-methyl/N-ethyl adjacent to an activating group) is 1. The highest BCUT2D eigenvalue weighted by Gasteiger charge is 2.32. The number of β-amino-alcohol motifs (C(OH)–C–C–N with tert-alkyl or cyclic N) is 1. The van der Waals surface area contributed by atoms with E-state index in [0.29, 0.717) is 13.0 Å². The number of piperidine rings is 1. The van der Waals surface area contributed by atoms with E-state index in [-0.39, 0.29) is 5.82 Å². The highest BCUT2D eigenvalue weighted by Crippen LogP contribution is 2.28. The molecule has 1 aromatic carbocycles. The van der Waals surface area contributed by atoms with Crippen molar-refractivity contribution in [3.05, 3.63) is 34.1 Å². The SMILES string of the molecule is CN1CCCC(O)(Cc2ccc(F)cc2Br)C1. The summed E-state index contributed by atoms with van der Waals surface area (Å²) in [6.07, 6.45) is 2.38. The zero-order valence-electron chi connectivity index (χ0n) is 9.92. The number of nitrogens with zero attached hydrogens (tertiary/aromatic N) is 1. The summed E-state index contributed by atoms with van der Waals surface area (Å²) in [6, 6.07) is 4.63. The summed E-state index contributed by atoms with van der Waals surface area (Å²) >= 11 is 3.35. The molecular weight excluding hydrogens is 285 g/mol. The van der Waals surface area contributed by atoms with E-state index in [0.717, 1.165) is 29.4 Å². The normalized spacial score (nSPS) is 26.1. The number of hydrogen-bond acceptors (Lipinski definition) is 2. The van der Waals surface area contributed by atoms with E-state index in [9.17, 15) is 9.50 Å². The van der Waals surface area contributed by atoms with Crippen molar-refractivity contribution in [1.29, 1.82) is 0 Å². The van der Waals surface area contributed by atoms with Gasteiger partial charge in [-0.3, -0.25) is 0 Å². The lowest BCUT2D eigenvalue weighted by molar-refractivity contribution is -0.0225. The average Bonchev–Trinajstić information content (AvgIpc) is 2.22.